The average molecular weight is 329 g/mol. The monoisotopic (exact) mass is 329 g/mol. The third kappa shape index (κ3) is 3.98. The molecular formula is C17H23N5O2. The summed E-state index contributed by atoms with van der Waals surface area (Å²) in [6.07, 6.45) is 5.36. The van der Waals surface area contributed by atoms with E-state index in [1.54, 1.807) is 31.4 Å². The van der Waals surface area contributed by atoms with Gasteiger partial charge in [-0.1, -0.05) is 6.07 Å². The SMILES string of the molecule is CN(C)C(=O)CN1Cc2ccnn2C(COCc2cccnc2)C1. The molecule has 1 atom stereocenters. The third-order valence-electron chi connectivity index (χ3n) is 4.11. The molecule has 24 heavy (non-hydrogen) atoms. The van der Waals surface area contributed by atoms with Crippen LogP contribution in [0.2, 0.25) is 0 Å². The molecule has 0 saturated heterocycles. The Morgan fingerprint density at radius 2 is 2.25 bits per heavy atom. The van der Waals surface area contributed by atoms with E-state index in [0.29, 0.717) is 19.8 Å². The molecule has 2 aromatic heterocycles. The van der Waals surface area contributed by atoms with Crippen molar-refractivity contribution in [2.24, 2.45) is 0 Å². The summed E-state index contributed by atoms with van der Waals surface area (Å²) in [5.41, 5.74) is 2.16. The molecule has 7 heteroatoms. The smallest absolute Gasteiger partial charge is 0.236 e. The maximum atomic E-state index is 12.0. The Morgan fingerprint density at radius 1 is 1.38 bits per heavy atom. The van der Waals surface area contributed by atoms with E-state index in [0.717, 1.165) is 24.3 Å². The van der Waals surface area contributed by atoms with E-state index in [1.165, 1.54) is 0 Å². The first kappa shape index (κ1) is 16.6. The molecule has 1 aliphatic rings. The first-order valence-electron chi connectivity index (χ1n) is 8.05. The van der Waals surface area contributed by atoms with Gasteiger partial charge in [0, 0.05) is 45.8 Å². The highest BCUT2D eigenvalue weighted by Crippen LogP contribution is 2.20. The second-order valence-electron chi connectivity index (χ2n) is 6.26. The highest BCUT2D eigenvalue weighted by atomic mass is 16.5. The minimum absolute atomic E-state index is 0.107. The minimum atomic E-state index is 0.107. The highest BCUT2D eigenvalue weighted by Gasteiger charge is 2.27. The predicted octanol–water partition coefficient (Wildman–Crippen LogP) is 0.940. The molecule has 0 spiro atoms. The number of hydrogen-bond donors (Lipinski definition) is 0. The maximum Gasteiger partial charge on any atom is 0.236 e. The Hall–Kier alpha value is -2.25. The van der Waals surface area contributed by atoms with Crippen molar-refractivity contribution in [2.45, 2.75) is 19.2 Å². The molecule has 0 aromatic carbocycles. The van der Waals surface area contributed by atoms with E-state index in [1.807, 2.05) is 29.1 Å². The van der Waals surface area contributed by atoms with Crippen LogP contribution in [0.25, 0.3) is 0 Å². The number of nitrogens with zero attached hydrogens (tertiary/aromatic N) is 5. The molecule has 128 valence electrons. The van der Waals surface area contributed by atoms with Crippen LogP contribution in [0, 0.1) is 0 Å². The van der Waals surface area contributed by atoms with Gasteiger partial charge in [0.15, 0.2) is 0 Å². The quantitative estimate of drug-likeness (QED) is 0.789. The average Bonchev–Trinajstić information content (AvgIpc) is 3.04. The zero-order valence-electron chi connectivity index (χ0n) is 14.1. The minimum Gasteiger partial charge on any atom is -0.374 e. The number of hydrogen-bond acceptors (Lipinski definition) is 5. The lowest BCUT2D eigenvalue weighted by molar-refractivity contribution is -0.130. The summed E-state index contributed by atoms with van der Waals surface area (Å²) < 4.78 is 7.88. The summed E-state index contributed by atoms with van der Waals surface area (Å²) in [6.45, 7) is 2.98. The van der Waals surface area contributed by atoms with E-state index >= 15 is 0 Å². The molecule has 0 aliphatic carbocycles. The summed E-state index contributed by atoms with van der Waals surface area (Å²) >= 11 is 0. The molecule has 0 fully saturated rings. The zero-order valence-corrected chi connectivity index (χ0v) is 14.1. The lowest BCUT2D eigenvalue weighted by Gasteiger charge is -2.33. The number of carbonyl (C=O) groups is 1. The molecule has 3 rings (SSSR count). The molecular weight excluding hydrogens is 306 g/mol. The molecule has 1 aliphatic heterocycles. The second-order valence-corrected chi connectivity index (χ2v) is 6.26. The van der Waals surface area contributed by atoms with E-state index < -0.39 is 0 Å². The third-order valence-corrected chi connectivity index (χ3v) is 4.11. The Bertz CT molecular complexity index is 671. The van der Waals surface area contributed by atoms with Crippen molar-refractivity contribution in [3.8, 4) is 0 Å². The van der Waals surface area contributed by atoms with E-state index in [-0.39, 0.29) is 11.9 Å². The van der Waals surface area contributed by atoms with Gasteiger partial charge in [-0.25, -0.2) is 0 Å². The lowest BCUT2D eigenvalue weighted by Crippen LogP contribution is -2.44. The van der Waals surface area contributed by atoms with Gasteiger partial charge in [0.1, 0.15) is 0 Å². The fraction of sp³-hybridized carbons (Fsp3) is 0.471. The summed E-state index contributed by atoms with van der Waals surface area (Å²) in [5, 5.41) is 4.41. The maximum absolute atomic E-state index is 12.0. The summed E-state index contributed by atoms with van der Waals surface area (Å²) in [4.78, 5) is 19.9. The van der Waals surface area contributed by atoms with Gasteiger partial charge in [0.25, 0.3) is 0 Å². The Balaban J connectivity index is 1.60. The van der Waals surface area contributed by atoms with Gasteiger partial charge >= 0.3 is 0 Å². The number of ether oxygens (including phenoxy) is 1. The molecule has 7 nitrogen and oxygen atoms in total. The Morgan fingerprint density at radius 3 is 3.00 bits per heavy atom. The van der Waals surface area contributed by atoms with Crippen molar-refractivity contribution in [3.63, 3.8) is 0 Å². The fourth-order valence-electron chi connectivity index (χ4n) is 2.84. The summed E-state index contributed by atoms with van der Waals surface area (Å²) in [5.74, 6) is 0.109. The highest BCUT2D eigenvalue weighted by molar-refractivity contribution is 5.77. The molecule has 0 saturated carbocycles. The number of amides is 1. The molecule has 0 bridgehead atoms. The lowest BCUT2D eigenvalue weighted by atomic mass is 10.2. The van der Waals surface area contributed by atoms with Gasteiger partial charge in [-0.2, -0.15) is 5.10 Å². The van der Waals surface area contributed by atoms with Crippen LogP contribution in [-0.2, 0) is 22.7 Å². The van der Waals surface area contributed by atoms with Crippen molar-refractivity contribution in [3.05, 3.63) is 48.0 Å². The summed E-state index contributed by atoms with van der Waals surface area (Å²) in [7, 11) is 3.57. The van der Waals surface area contributed by atoms with E-state index in [2.05, 4.69) is 15.0 Å². The van der Waals surface area contributed by atoms with Crippen LogP contribution in [0.5, 0.6) is 0 Å². The number of aromatic nitrogens is 3. The largest absolute Gasteiger partial charge is 0.374 e. The standard InChI is InChI=1S/C17H23N5O2/c1-20(2)17(23)11-21-9-15-5-7-19-22(15)16(10-21)13-24-12-14-4-3-6-18-8-14/h3-8,16H,9-13H2,1-2H3. The van der Waals surface area contributed by atoms with Gasteiger partial charge in [0.05, 0.1) is 31.5 Å². The number of carbonyl (C=O) groups excluding carboxylic acids is 1. The molecule has 2 aromatic rings. The fourth-order valence-corrected chi connectivity index (χ4v) is 2.84. The predicted molar refractivity (Wildman–Crippen MR) is 89.1 cm³/mol. The van der Waals surface area contributed by atoms with Crippen molar-refractivity contribution in [2.75, 3.05) is 33.8 Å². The van der Waals surface area contributed by atoms with Crippen LogP contribution in [0.4, 0.5) is 0 Å². The van der Waals surface area contributed by atoms with Crippen LogP contribution < -0.4 is 0 Å². The number of likely N-dealkylation sites (N-methyl/N-ethyl adjacent to an activating group) is 1. The zero-order chi connectivity index (χ0) is 16.9. The van der Waals surface area contributed by atoms with Gasteiger partial charge in [-0.05, 0) is 17.7 Å². The molecule has 0 N–H and O–H groups in total. The van der Waals surface area contributed by atoms with Gasteiger partial charge < -0.3 is 9.64 Å². The normalized spacial score (nSPS) is 17.5. The second kappa shape index (κ2) is 7.55. The molecule has 1 unspecified atom stereocenters. The van der Waals surface area contributed by atoms with Gasteiger partial charge in [-0.3, -0.25) is 19.4 Å². The number of fused-ring (bicyclic) bond motifs is 1. The topological polar surface area (TPSA) is 63.5 Å². The van der Waals surface area contributed by atoms with Crippen LogP contribution in [-0.4, -0.2) is 64.3 Å². The van der Waals surface area contributed by atoms with Crippen LogP contribution in [0.1, 0.15) is 17.3 Å². The van der Waals surface area contributed by atoms with E-state index in [4.69, 9.17) is 4.74 Å². The van der Waals surface area contributed by atoms with E-state index in [9.17, 15) is 4.79 Å². The van der Waals surface area contributed by atoms with Crippen molar-refractivity contribution >= 4 is 5.91 Å². The van der Waals surface area contributed by atoms with Gasteiger partial charge in [0.2, 0.25) is 5.91 Å². The van der Waals surface area contributed by atoms with Crippen LogP contribution in [0.3, 0.4) is 0 Å². The Kier molecular flexibility index (Phi) is 5.22. The van der Waals surface area contributed by atoms with Crippen LogP contribution in [0.15, 0.2) is 36.8 Å². The van der Waals surface area contributed by atoms with Crippen molar-refractivity contribution in [1.29, 1.82) is 0 Å². The van der Waals surface area contributed by atoms with Crippen molar-refractivity contribution in [1.82, 2.24) is 24.6 Å². The summed E-state index contributed by atoms with van der Waals surface area (Å²) in [6, 6.07) is 6.00. The number of rotatable bonds is 6. The number of pyridine rings is 1. The first-order valence-corrected chi connectivity index (χ1v) is 8.05. The molecule has 3 heterocycles. The van der Waals surface area contributed by atoms with Gasteiger partial charge in [-0.15, -0.1) is 0 Å². The van der Waals surface area contributed by atoms with Crippen molar-refractivity contribution < 1.29 is 9.53 Å². The first-order chi connectivity index (χ1) is 11.6. The van der Waals surface area contributed by atoms with Crippen LogP contribution >= 0.6 is 0 Å². The Labute approximate surface area is 141 Å². The molecule has 1 amide bonds. The molecule has 0 radical (unpaired) electrons.